The van der Waals surface area contributed by atoms with Crippen molar-refractivity contribution < 1.29 is 27.4 Å². The van der Waals surface area contributed by atoms with Crippen LogP contribution in [0.2, 0.25) is 0 Å². The minimum absolute atomic E-state index is 0.0214. The number of amides is 1. The van der Waals surface area contributed by atoms with Crippen molar-refractivity contribution in [2.75, 3.05) is 24.4 Å². The highest BCUT2D eigenvalue weighted by atomic mass is 19.4. The van der Waals surface area contributed by atoms with E-state index in [1.165, 1.54) is 17.0 Å². The molecule has 3 aromatic heterocycles. The number of rotatable bonds is 5. The third kappa shape index (κ3) is 4.17. The van der Waals surface area contributed by atoms with E-state index in [1.807, 2.05) is 5.32 Å². The molecule has 0 saturated heterocycles. The number of nitrogens with zero attached hydrogens (tertiary/aromatic N) is 4. The van der Waals surface area contributed by atoms with Crippen molar-refractivity contribution in [1.82, 2.24) is 29.9 Å². The maximum Gasteiger partial charge on any atom is 0.405 e. The highest BCUT2D eigenvalue weighted by Gasteiger charge is 2.29. The van der Waals surface area contributed by atoms with E-state index in [-0.39, 0.29) is 18.2 Å². The lowest BCUT2D eigenvalue weighted by molar-refractivity contribution is -0.123. The summed E-state index contributed by atoms with van der Waals surface area (Å²) in [5.74, 6) is 0.884. The Balaban J connectivity index is 1.31. The van der Waals surface area contributed by atoms with Crippen molar-refractivity contribution in [3.63, 3.8) is 0 Å². The lowest BCUT2D eigenvalue weighted by Gasteiger charge is -2.10. The topological polar surface area (TPSA) is 144 Å². The number of carbonyl (C=O) groups is 1. The second kappa shape index (κ2) is 8.29. The predicted octanol–water partition coefficient (Wildman–Crippen LogP) is 3.62. The molecule has 0 unspecified atom stereocenters. The number of halogens is 3. The number of ether oxygens (including phenoxy) is 2. The second-order valence-electron chi connectivity index (χ2n) is 8.16. The molecule has 1 aliphatic rings. The van der Waals surface area contributed by atoms with E-state index in [1.54, 1.807) is 36.4 Å². The van der Waals surface area contributed by atoms with E-state index in [9.17, 15) is 18.0 Å². The van der Waals surface area contributed by atoms with Crippen LogP contribution in [0.4, 0.5) is 30.6 Å². The van der Waals surface area contributed by atoms with Gasteiger partial charge in [0.1, 0.15) is 18.4 Å². The Morgan fingerprint density at radius 3 is 2.68 bits per heavy atom. The largest absolute Gasteiger partial charge is 0.454 e. The molecule has 2 aromatic carbocycles. The number of benzene rings is 2. The maximum absolute atomic E-state index is 12.7. The lowest BCUT2D eigenvalue weighted by atomic mass is 10.0. The number of imidazole rings is 1. The van der Waals surface area contributed by atoms with Crippen LogP contribution in [-0.2, 0) is 0 Å². The van der Waals surface area contributed by atoms with Crippen molar-refractivity contribution in [3.8, 4) is 22.6 Å². The Kier molecular flexibility index (Phi) is 5.03. The van der Waals surface area contributed by atoms with Crippen LogP contribution < -0.4 is 25.8 Å². The van der Waals surface area contributed by atoms with E-state index in [0.29, 0.717) is 45.3 Å². The normalized spacial score (nSPS) is 12.8. The molecule has 5 aromatic rings. The van der Waals surface area contributed by atoms with Crippen LogP contribution in [0, 0.1) is 0 Å². The minimum Gasteiger partial charge on any atom is -0.454 e. The number of aromatic nitrogens is 5. The zero-order valence-corrected chi connectivity index (χ0v) is 18.8. The third-order valence-electron chi connectivity index (χ3n) is 5.71. The molecule has 0 spiro atoms. The van der Waals surface area contributed by atoms with Crippen LogP contribution in [0.3, 0.4) is 0 Å². The molecule has 0 radical (unpaired) electrons. The van der Waals surface area contributed by atoms with Crippen molar-refractivity contribution >= 4 is 39.9 Å². The number of fused-ring (bicyclic) bond motifs is 3. The first-order valence-corrected chi connectivity index (χ1v) is 10.9. The van der Waals surface area contributed by atoms with E-state index in [4.69, 9.17) is 15.2 Å². The van der Waals surface area contributed by atoms with Crippen molar-refractivity contribution in [1.29, 1.82) is 0 Å². The molecule has 0 aliphatic carbocycles. The Bertz CT molecular complexity index is 1620. The number of H-pyrrole nitrogens is 1. The summed E-state index contributed by atoms with van der Waals surface area (Å²) < 4.78 is 50.1. The van der Waals surface area contributed by atoms with Crippen LogP contribution in [0.5, 0.6) is 11.5 Å². The number of nitrogen functional groups attached to an aromatic ring is 1. The Hall–Kier alpha value is -5.01. The first-order chi connectivity index (χ1) is 17.7. The van der Waals surface area contributed by atoms with Crippen molar-refractivity contribution in [2.45, 2.75) is 6.18 Å². The van der Waals surface area contributed by atoms with E-state index in [2.05, 4.69) is 25.4 Å². The summed E-state index contributed by atoms with van der Waals surface area (Å²) in [6.07, 6.45) is -2.05. The van der Waals surface area contributed by atoms with E-state index < -0.39 is 18.6 Å². The molecule has 0 saturated carbocycles. The molecule has 1 aliphatic heterocycles. The van der Waals surface area contributed by atoms with Gasteiger partial charge < -0.3 is 30.8 Å². The molecule has 1 amide bonds. The number of anilines is 3. The maximum atomic E-state index is 12.7. The van der Waals surface area contributed by atoms with Crippen LogP contribution in [-0.4, -0.2) is 50.0 Å². The Morgan fingerprint density at radius 1 is 1.16 bits per heavy atom. The molecule has 6 rings (SSSR count). The summed E-state index contributed by atoms with van der Waals surface area (Å²) in [4.78, 5) is 24.3. The summed E-state index contributed by atoms with van der Waals surface area (Å²) in [5, 5.41) is 9.09. The first kappa shape index (κ1) is 22.5. The fourth-order valence-electron chi connectivity index (χ4n) is 4.09. The minimum atomic E-state index is -4.56. The van der Waals surface area contributed by atoms with E-state index in [0.717, 1.165) is 5.52 Å². The summed E-state index contributed by atoms with van der Waals surface area (Å²) in [5.41, 5.74) is 9.26. The van der Waals surface area contributed by atoms with Gasteiger partial charge in [0.15, 0.2) is 17.3 Å². The standard InChI is InChI=1S/C23H17F3N8O3/c24-23(25,26)8-28-21(35)13-7-34-19(20(27)29-9-30-34)18(13)11-1-3-12(4-2-11)31-22-32-14-5-16-17(37-10-36-16)6-15(14)33-22/h1-7,9H,8,10H2,(H,28,35)(H2,27,29,30)(H2,31,32,33). The molecule has 4 heterocycles. The number of hydrogen-bond donors (Lipinski definition) is 4. The smallest absolute Gasteiger partial charge is 0.405 e. The van der Waals surface area contributed by atoms with E-state index >= 15 is 0 Å². The molecule has 0 fully saturated rings. The Morgan fingerprint density at radius 2 is 1.92 bits per heavy atom. The number of nitrogens with one attached hydrogen (secondary N) is 3. The number of carbonyl (C=O) groups excluding carboxylic acids is 1. The fourth-order valence-corrected chi connectivity index (χ4v) is 4.09. The molecule has 11 nitrogen and oxygen atoms in total. The molecular weight excluding hydrogens is 493 g/mol. The van der Waals surface area contributed by atoms with Gasteiger partial charge in [-0.1, -0.05) is 12.1 Å². The van der Waals surface area contributed by atoms with Gasteiger partial charge in [0, 0.05) is 29.6 Å². The van der Waals surface area contributed by atoms with Gasteiger partial charge in [-0.25, -0.2) is 14.5 Å². The first-order valence-electron chi connectivity index (χ1n) is 10.9. The van der Waals surface area contributed by atoms with Gasteiger partial charge in [-0.05, 0) is 17.7 Å². The highest BCUT2D eigenvalue weighted by molar-refractivity contribution is 6.07. The van der Waals surface area contributed by atoms with Gasteiger partial charge in [0.2, 0.25) is 12.7 Å². The predicted molar refractivity (Wildman–Crippen MR) is 127 cm³/mol. The molecule has 0 atom stereocenters. The van der Waals surface area contributed by atoms with Crippen LogP contribution in [0.1, 0.15) is 10.4 Å². The third-order valence-corrected chi connectivity index (χ3v) is 5.71. The number of hydrogen-bond acceptors (Lipinski definition) is 8. The SMILES string of the molecule is Nc1ncnn2cc(C(=O)NCC(F)(F)F)c(-c3ccc(Nc4nc5cc6c(cc5[nH]4)OCO6)cc3)c12. The van der Waals surface area contributed by atoms with Gasteiger partial charge >= 0.3 is 6.18 Å². The quantitative estimate of drug-likeness (QED) is 0.281. The lowest BCUT2D eigenvalue weighted by Crippen LogP contribution is -2.33. The summed E-state index contributed by atoms with van der Waals surface area (Å²) >= 11 is 0. The van der Waals surface area contributed by atoms with Crippen LogP contribution >= 0.6 is 0 Å². The zero-order valence-electron chi connectivity index (χ0n) is 18.8. The highest BCUT2D eigenvalue weighted by Crippen LogP contribution is 2.36. The summed E-state index contributed by atoms with van der Waals surface area (Å²) in [6.45, 7) is -1.31. The fraction of sp³-hybridized carbons (Fsp3) is 0.130. The van der Waals surface area contributed by atoms with Gasteiger partial charge in [0.05, 0.1) is 16.6 Å². The average Bonchev–Trinajstić information content (AvgIpc) is 3.57. The van der Waals surface area contributed by atoms with Gasteiger partial charge in [-0.2, -0.15) is 18.3 Å². The van der Waals surface area contributed by atoms with Crippen molar-refractivity contribution in [2.24, 2.45) is 0 Å². The molecule has 14 heteroatoms. The number of aromatic amines is 1. The van der Waals surface area contributed by atoms with Gasteiger partial charge in [-0.3, -0.25) is 4.79 Å². The van der Waals surface area contributed by atoms with Gasteiger partial charge in [-0.15, -0.1) is 0 Å². The Labute approximate surface area is 205 Å². The van der Waals surface area contributed by atoms with Crippen LogP contribution in [0.25, 0.3) is 27.7 Å². The van der Waals surface area contributed by atoms with Crippen molar-refractivity contribution in [3.05, 3.63) is 54.5 Å². The van der Waals surface area contributed by atoms with Gasteiger partial charge in [0.25, 0.3) is 5.91 Å². The second-order valence-corrected chi connectivity index (χ2v) is 8.16. The summed E-state index contributed by atoms with van der Waals surface area (Å²) in [6, 6.07) is 10.4. The molecule has 0 bridgehead atoms. The monoisotopic (exact) mass is 510 g/mol. The molecular formula is C23H17F3N8O3. The van der Waals surface area contributed by atoms with Crippen LogP contribution in [0.15, 0.2) is 48.9 Å². The summed E-state index contributed by atoms with van der Waals surface area (Å²) in [7, 11) is 0. The average molecular weight is 510 g/mol. The molecule has 5 N–H and O–H groups in total. The number of alkyl halides is 3. The number of nitrogens with two attached hydrogens (primary N) is 1. The zero-order chi connectivity index (χ0) is 25.7. The molecule has 37 heavy (non-hydrogen) atoms. The molecule has 188 valence electrons.